The van der Waals surface area contributed by atoms with Crippen LogP contribution in [-0.2, 0) is 4.79 Å². The smallest absolute Gasteiger partial charge is 0.223 e. The maximum atomic E-state index is 12.0. The number of amides is 1. The lowest BCUT2D eigenvalue weighted by Gasteiger charge is -2.16. The highest BCUT2D eigenvalue weighted by atomic mass is 16.1. The predicted octanol–water partition coefficient (Wildman–Crippen LogP) is 1.68. The minimum absolute atomic E-state index is 0.303. The molecule has 2 rings (SSSR count). The molecule has 92 valence electrons. The molecule has 1 aliphatic heterocycles. The second-order valence-electron chi connectivity index (χ2n) is 5.29. The second-order valence-corrected chi connectivity index (χ2v) is 5.29. The van der Waals surface area contributed by atoms with Crippen LogP contribution in [0.4, 0.5) is 0 Å². The highest BCUT2D eigenvalue weighted by Gasteiger charge is 2.21. The lowest BCUT2D eigenvalue weighted by atomic mass is 9.99. The molecule has 2 fully saturated rings. The molecule has 1 heterocycles. The number of hydrogen-bond donors (Lipinski definition) is 2. The highest BCUT2D eigenvalue weighted by molar-refractivity contribution is 5.78. The van der Waals surface area contributed by atoms with E-state index in [0.29, 0.717) is 17.7 Å². The summed E-state index contributed by atoms with van der Waals surface area (Å²) >= 11 is 0. The van der Waals surface area contributed by atoms with Crippen LogP contribution in [0, 0.1) is 11.8 Å². The Labute approximate surface area is 98.4 Å². The van der Waals surface area contributed by atoms with Crippen LogP contribution >= 0.6 is 0 Å². The molecule has 0 bridgehead atoms. The predicted molar refractivity (Wildman–Crippen MR) is 65.2 cm³/mol. The first-order valence-electron chi connectivity index (χ1n) is 6.84. The van der Waals surface area contributed by atoms with E-state index in [1.54, 1.807) is 0 Å². The Morgan fingerprint density at radius 3 is 2.50 bits per heavy atom. The van der Waals surface area contributed by atoms with E-state index in [9.17, 15) is 4.79 Å². The van der Waals surface area contributed by atoms with Gasteiger partial charge in [0.25, 0.3) is 0 Å². The van der Waals surface area contributed by atoms with Crippen molar-refractivity contribution in [1.82, 2.24) is 10.6 Å². The molecule has 0 aromatic carbocycles. The Morgan fingerprint density at radius 2 is 1.88 bits per heavy atom. The largest absolute Gasteiger partial charge is 0.356 e. The third kappa shape index (κ3) is 3.48. The zero-order chi connectivity index (χ0) is 11.2. The van der Waals surface area contributed by atoms with Crippen LogP contribution in [0.3, 0.4) is 0 Å². The molecule has 1 aliphatic carbocycles. The second kappa shape index (κ2) is 6.24. The highest BCUT2D eigenvalue weighted by Crippen LogP contribution is 2.22. The van der Waals surface area contributed by atoms with Crippen molar-refractivity contribution >= 4 is 5.91 Å². The minimum atomic E-state index is 0.303. The zero-order valence-corrected chi connectivity index (χ0v) is 10.1. The van der Waals surface area contributed by atoms with E-state index >= 15 is 0 Å². The van der Waals surface area contributed by atoms with Gasteiger partial charge in [0, 0.05) is 12.5 Å². The lowest BCUT2D eigenvalue weighted by molar-refractivity contribution is -0.125. The fraction of sp³-hybridized carbons (Fsp3) is 0.923. The van der Waals surface area contributed by atoms with Crippen LogP contribution in [0.1, 0.15) is 44.9 Å². The molecule has 0 aromatic rings. The van der Waals surface area contributed by atoms with Gasteiger partial charge in [-0.1, -0.05) is 25.7 Å². The summed E-state index contributed by atoms with van der Waals surface area (Å²) in [7, 11) is 0. The topological polar surface area (TPSA) is 41.1 Å². The van der Waals surface area contributed by atoms with Crippen molar-refractivity contribution in [2.24, 2.45) is 11.8 Å². The summed E-state index contributed by atoms with van der Waals surface area (Å²) in [6.45, 7) is 3.07. The van der Waals surface area contributed by atoms with Gasteiger partial charge in [-0.25, -0.2) is 0 Å². The Balaban J connectivity index is 1.69. The van der Waals surface area contributed by atoms with Crippen molar-refractivity contribution in [2.45, 2.75) is 44.9 Å². The fourth-order valence-electron chi connectivity index (χ4n) is 2.82. The number of carbonyl (C=O) groups is 1. The first-order valence-corrected chi connectivity index (χ1v) is 6.84. The van der Waals surface area contributed by atoms with Gasteiger partial charge in [0.15, 0.2) is 0 Å². The van der Waals surface area contributed by atoms with Gasteiger partial charge in [-0.05, 0) is 38.3 Å². The number of nitrogens with one attached hydrogen (secondary N) is 2. The number of hydrogen-bond acceptors (Lipinski definition) is 2. The Morgan fingerprint density at radius 1 is 1.12 bits per heavy atom. The van der Waals surface area contributed by atoms with Crippen LogP contribution in [0.15, 0.2) is 0 Å². The molecule has 0 aromatic heterocycles. The fourth-order valence-corrected chi connectivity index (χ4v) is 2.82. The van der Waals surface area contributed by atoms with E-state index in [2.05, 4.69) is 10.6 Å². The molecular weight excluding hydrogens is 200 g/mol. The Hall–Kier alpha value is -0.570. The molecular formula is C13H24N2O. The maximum absolute atomic E-state index is 12.0. The normalized spacial score (nSPS) is 27.6. The van der Waals surface area contributed by atoms with Gasteiger partial charge in [-0.3, -0.25) is 4.79 Å². The molecule has 1 amide bonds. The molecule has 0 radical (unpaired) electrons. The Bertz CT molecular complexity index is 216. The summed E-state index contributed by atoms with van der Waals surface area (Å²) in [4.78, 5) is 12.0. The van der Waals surface area contributed by atoms with Gasteiger partial charge < -0.3 is 10.6 Å². The van der Waals surface area contributed by atoms with Crippen LogP contribution in [-0.4, -0.2) is 25.5 Å². The van der Waals surface area contributed by atoms with Crippen molar-refractivity contribution in [1.29, 1.82) is 0 Å². The zero-order valence-electron chi connectivity index (χ0n) is 10.1. The van der Waals surface area contributed by atoms with Gasteiger partial charge in [0.05, 0.1) is 0 Å². The van der Waals surface area contributed by atoms with E-state index < -0.39 is 0 Å². The minimum Gasteiger partial charge on any atom is -0.356 e. The molecule has 3 nitrogen and oxygen atoms in total. The van der Waals surface area contributed by atoms with Crippen molar-refractivity contribution < 1.29 is 4.79 Å². The third-order valence-electron chi connectivity index (χ3n) is 3.95. The Kier molecular flexibility index (Phi) is 4.64. The van der Waals surface area contributed by atoms with Crippen molar-refractivity contribution in [3.05, 3.63) is 0 Å². The van der Waals surface area contributed by atoms with Gasteiger partial charge in [-0.2, -0.15) is 0 Å². The van der Waals surface area contributed by atoms with E-state index in [-0.39, 0.29) is 0 Å². The standard InChI is InChI=1S/C13H24N2O/c16-13(12-5-3-1-2-4-6-12)15-10-11-7-8-14-9-11/h11-12,14H,1-10H2,(H,15,16). The molecule has 1 unspecified atom stereocenters. The molecule has 2 N–H and O–H groups in total. The van der Waals surface area contributed by atoms with Gasteiger partial charge in [-0.15, -0.1) is 0 Å². The van der Waals surface area contributed by atoms with Gasteiger partial charge in [0.1, 0.15) is 0 Å². The molecule has 1 saturated heterocycles. The average molecular weight is 224 g/mol. The summed E-state index contributed by atoms with van der Waals surface area (Å²) in [6, 6.07) is 0. The van der Waals surface area contributed by atoms with E-state index in [1.165, 1.54) is 32.1 Å². The van der Waals surface area contributed by atoms with Crippen molar-refractivity contribution in [3.63, 3.8) is 0 Å². The van der Waals surface area contributed by atoms with Crippen molar-refractivity contribution in [2.75, 3.05) is 19.6 Å². The molecule has 1 saturated carbocycles. The monoisotopic (exact) mass is 224 g/mol. The first kappa shape index (κ1) is 11.9. The van der Waals surface area contributed by atoms with Crippen LogP contribution in [0.5, 0.6) is 0 Å². The lowest BCUT2D eigenvalue weighted by Crippen LogP contribution is -2.34. The summed E-state index contributed by atoms with van der Waals surface area (Å²) < 4.78 is 0. The van der Waals surface area contributed by atoms with Gasteiger partial charge >= 0.3 is 0 Å². The summed E-state index contributed by atoms with van der Waals surface area (Å²) in [6.07, 6.45) is 8.53. The van der Waals surface area contributed by atoms with Crippen molar-refractivity contribution in [3.8, 4) is 0 Å². The summed E-state index contributed by atoms with van der Waals surface area (Å²) in [5.41, 5.74) is 0. The summed E-state index contributed by atoms with van der Waals surface area (Å²) in [5.74, 6) is 1.28. The maximum Gasteiger partial charge on any atom is 0.223 e. The van der Waals surface area contributed by atoms with E-state index in [4.69, 9.17) is 0 Å². The van der Waals surface area contributed by atoms with Crippen LogP contribution in [0.2, 0.25) is 0 Å². The first-order chi connectivity index (χ1) is 7.86. The molecule has 1 atom stereocenters. The molecule has 16 heavy (non-hydrogen) atoms. The van der Waals surface area contributed by atoms with E-state index in [0.717, 1.165) is 32.5 Å². The van der Waals surface area contributed by atoms with Crippen LogP contribution in [0.25, 0.3) is 0 Å². The summed E-state index contributed by atoms with van der Waals surface area (Å²) in [5, 5.41) is 6.48. The average Bonchev–Trinajstić information content (AvgIpc) is 2.66. The molecule has 3 heteroatoms. The molecule has 0 spiro atoms. The third-order valence-corrected chi connectivity index (χ3v) is 3.95. The van der Waals surface area contributed by atoms with E-state index in [1.807, 2.05) is 0 Å². The van der Waals surface area contributed by atoms with Crippen LogP contribution < -0.4 is 10.6 Å². The molecule has 2 aliphatic rings. The number of rotatable bonds is 3. The SMILES string of the molecule is O=C(NCC1CCNC1)C1CCCCCC1. The quantitative estimate of drug-likeness (QED) is 0.716. The van der Waals surface area contributed by atoms with Gasteiger partial charge in [0.2, 0.25) is 5.91 Å². The number of carbonyl (C=O) groups excluding carboxylic acids is 1.